The molecule has 4 rings (SSSR count). The maximum Gasteiger partial charge on any atom is 0.347 e. The molecule has 0 aliphatic heterocycles. The number of aryl methyl sites for hydroxylation is 1. The number of hydrogen-bond donors (Lipinski definition) is 2. The highest BCUT2D eigenvalue weighted by atomic mass is 16.5. The van der Waals surface area contributed by atoms with Crippen LogP contribution in [0.5, 0.6) is 0 Å². The number of ether oxygens (including phenoxy) is 1. The maximum absolute atomic E-state index is 12.9. The lowest BCUT2D eigenvalue weighted by molar-refractivity contribution is 0.0525. The fourth-order valence-corrected chi connectivity index (χ4v) is 2.87. The molecule has 4 aromatic rings. The number of esters is 1. The number of hydrogen-bond acceptors (Lipinski definition) is 6. The molecule has 0 bridgehead atoms. The van der Waals surface area contributed by atoms with Crippen LogP contribution in [0.2, 0.25) is 0 Å². The van der Waals surface area contributed by atoms with Crippen LogP contribution in [0.1, 0.15) is 22.8 Å². The van der Waals surface area contributed by atoms with E-state index in [1.165, 1.54) is 4.40 Å². The van der Waals surface area contributed by atoms with Crippen LogP contribution in [0.4, 0.5) is 11.5 Å². The third-order valence-electron chi connectivity index (χ3n) is 4.17. The van der Waals surface area contributed by atoms with Gasteiger partial charge in [-0.05, 0) is 49.7 Å². The average molecular weight is 363 g/mol. The quantitative estimate of drug-likeness (QED) is 0.541. The summed E-state index contributed by atoms with van der Waals surface area (Å²) in [7, 11) is 0. The van der Waals surface area contributed by atoms with Crippen molar-refractivity contribution in [2.45, 2.75) is 13.8 Å². The highest BCUT2D eigenvalue weighted by Gasteiger charge is 2.21. The van der Waals surface area contributed by atoms with E-state index in [2.05, 4.69) is 20.5 Å². The fourth-order valence-electron chi connectivity index (χ4n) is 2.87. The zero-order chi connectivity index (χ0) is 19.0. The van der Waals surface area contributed by atoms with Crippen molar-refractivity contribution in [3.05, 3.63) is 64.2 Å². The van der Waals surface area contributed by atoms with E-state index in [0.29, 0.717) is 11.3 Å². The molecule has 8 heteroatoms. The molecule has 2 N–H and O–H groups in total. The zero-order valence-electron chi connectivity index (χ0n) is 14.8. The van der Waals surface area contributed by atoms with Gasteiger partial charge in [-0.2, -0.15) is 5.10 Å². The summed E-state index contributed by atoms with van der Waals surface area (Å²) in [6.07, 6.45) is 3.29. The minimum Gasteiger partial charge on any atom is -0.462 e. The van der Waals surface area contributed by atoms with Crippen molar-refractivity contribution in [1.82, 2.24) is 19.6 Å². The molecule has 0 saturated carbocycles. The number of H-pyrrole nitrogens is 1. The number of anilines is 2. The first-order valence-corrected chi connectivity index (χ1v) is 8.47. The monoisotopic (exact) mass is 363 g/mol. The number of nitrogens with zero attached hydrogens (tertiary/aromatic N) is 3. The van der Waals surface area contributed by atoms with Crippen molar-refractivity contribution in [3.63, 3.8) is 0 Å². The van der Waals surface area contributed by atoms with E-state index in [4.69, 9.17) is 4.74 Å². The second kappa shape index (κ2) is 6.56. The summed E-state index contributed by atoms with van der Waals surface area (Å²) in [6, 6.07) is 9.08. The summed E-state index contributed by atoms with van der Waals surface area (Å²) in [4.78, 5) is 29.8. The Morgan fingerprint density at radius 3 is 2.96 bits per heavy atom. The van der Waals surface area contributed by atoms with Gasteiger partial charge < -0.3 is 10.1 Å². The average Bonchev–Trinajstić information content (AvgIpc) is 3.09. The molecule has 3 heterocycles. The van der Waals surface area contributed by atoms with Gasteiger partial charge in [0.05, 0.1) is 18.3 Å². The van der Waals surface area contributed by atoms with E-state index in [0.717, 1.165) is 16.5 Å². The normalized spacial score (nSPS) is 11.0. The number of aromatic nitrogens is 4. The van der Waals surface area contributed by atoms with E-state index in [1.807, 2.05) is 25.1 Å². The Balaban J connectivity index is 1.89. The van der Waals surface area contributed by atoms with Crippen LogP contribution in [0.15, 0.2) is 47.5 Å². The summed E-state index contributed by atoms with van der Waals surface area (Å²) in [5.74, 6) is -0.552. The lowest BCUT2D eigenvalue weighted by Gasteiger charge is -2.12. The zero-order valence-corrected chi connectivity index (χ0v) is 14.8. The molecule has 0 spiro atoms. The van der Waals surface area contributed by atoms with Gasteiger partial charge >= 0.3 is 5.97 Å². The van der Waals surface area contributed by atoms with Gasteiger partial charge in [0, 0.05) is 17.3 Å². The number of carbonyl (C=O) groups is 1. The van der Waals surface area contributed by atoms with Crippen LogP contribution in [-0.4, -0.2) is 32.2 Å². The molecular weight excluding hydrogens is 346 g/mol. The minimum atomic E-state index is -0.711. The molecule has 0 aliphatic rings. The second-order valence-corrected chi connectivity index (χ2v) is 6.09. The lowest BCUT2D eigenvalue weighted by atomic mass is 10.2. The van der Waals surface area contributed by atoms with Gasteiger partial charge in [-0.15, -0.1) is 0 Å². The number of carbonyl (C=O) groups excluding carboxylic acids is 1. The number of aromatic amines is 1. The Morgan fingerprint density at radius 1 is 1.30 bits per heavy atom. The molecule has 8 nitrogen and oxygen atoms in total. The Morgan fingerprint density at radius 2 is 2.15 bits per heavy atom. The molecule has 136 valence electrons. The smallest absolute Gasteiger partial charge is 0.347 e. The third-order valence-corrected chi connectivity index (χ3v) is 4.17. The standard InChI is InChI=1S/C19H17N5O3/c1-3-27-19(26)16-17(21-13-4-5-14-12(9-13)10-20-23-14)22-15-8-11(2)6-7-24(15)18(16)25/h4-10,21H,3H2,1-2H3,(H,20,23). The SMILES string of the molecule is CCOC(=O)c1c(Nc2ccc3[nH]ncc3c2)nc2cc(C)ccn2c1=O. The van der Waals surface area contributed by atoms with Crippen molar-refractivity contribution in [3.8, 4) is 0 Å². The first-order valence-electron chi connectivity index (χ1n) is 8.47. The van der Waals surface area contributed by atoms with Crippen LogP contribution in [0.25, 0.3) is 16.6 Å². The first-order chi connectivity index (χ1) is 13.1. The van der Waals surface area contributed by atoms with Crippen LogP contribution in [0, 0.1) is 6.92 Å². The van der Waals surface area contributed by atoms with Gasteiger partial charge in [0.1, 0.15) is 5.65 Å². The van der Waals surface area contributed by atoms with Crippen LogP contribution < -0.4 is 10.9 Å². The van der Waals surface area contributed by atoms with Gasteiger partial charge in [0.15, 0.2) is 11.4 Å². The van der Waals surface area contributed by atoms with E-state index >= 15 is 0 Å². The molecule has 0 fully saturated rings. The van der Waals surface area contributed by atoms with Gasteiger partial charge in [-0.1, -0.05) is 0 Å². The van der Waals surface area contributed by atoms with Gasteiger partial charge in [0.2, 0.25) is 0 Å². The van der Waals surface area contributed by atoms with E-state index < -0.39 is 11.5 Å². The Kier molecular flexibility index (Phi) is 4.08. The van der Waals surface area contributed by atoms with Crippen molar-refractivity contribution in [2.24, 2.45) is 0 Å². The van der Waals surface area contributed by atoms with Crippen LogP contribution in [-0.2, 0) is 4.74 Å². The largest absolute Gasteiger partial charge is 0.462 e. The molecule has 0 saturated heterocycles. The highest BCUT2D eigenvalue weighted by molar-refractivity contribution is 5.96. The molecule has 3 aromatic heterocycles. The Bertz CT molecular complexity index is 1230. The van der Waals surface area contributed by atoms with E-state index in [-0.39, 0.29) is 18.0 Å². The van der Waals surface area contributed by atoms with Crippen molar-refractivity contribution < 1.29 is 9.53 Å². The molecule has 0 aliphatic carbocycles. The van der Waals surface area contributed by atoms with Crippen molar-refractivity contribution in [2.75, 3.05) is 11.9 Å². The number of benzene rings is 1. The van der Waals surface area contributed by atoms with E-state index in [9.17, 15) is 9.59 Å². The number of nitrogens with one attached hydrogen (secondary N) is 2. The van der Waals surface area contributed by atoms with Crippen molar-refractivity contribution in [1.29, 1.82) is 0 Å². The number of pyridine rings is 1. The predicted molar refractivity (Wildman–Crippen MR) is 102 cm³/mol. The molecule has 0 radical (unpaired) electrons. The van der Waals surface area contributed by atoms with Gasteiger partial charge in [-0.25, -0.2) is 9.78 Å². The summed E-state index contributed by atoms with van der Waals surface area (Å²) in [5, 5.41) is 10.8. The summed E-state index contributed by atoms with van der Waals surface area (Å²) < 4.78 is 6.41. The maximum atomic E-state index is 12.9. The van der Waals surface area contributed by atoms with Crippen LogP contribution >= 0.6 is 0 Å². The molecule has 1 aromatic carbocycles. The van der Waals surface area contributed by atoms with Gasteiger partial charge in [-0.3, -0.25) is 14.3 Å². The first kappa shape index (κ1) is 16.8. The highest BCUT2D eigenvalue weighted by Crippen LogP contribution is 2.22. The number of rotatable bonds is 4. The topological polar surface area (TPSA) is 101 Å². The number of fused-ring (bicyclic) bond motifs is 2. The van der Waals surface area contributed by atoms with Gasteiger partial charge in [0.25, 0.3) is 5.56 Å². The van der Waals surface area contributed by atoms with Crippen LogP contribution in [0.3, 0.4) is 0 Å². The minimum absolute atomic E-state index is 0.134. The third kappa shape index (κ3) is 3.01. The molecule has 0 atom stereocenters. The molecule has 27 heavy (non-hydrogen) atoms. The lowest BCUT2D eigenvalue weighted by Crippen LogP contribution is -2.26. The summed E-state index contributed by atoms with van der Waals surface area (Å²) in [5.41, 5.74) is 2.35. The second-order valence-electron chi connectivity index (χ2n) is 6.09. The summed E-state index contributed by atoms with van der Waals surface area (Å²) >= 11 is 0. The summed E-state index contributed by atoms with van der Waals surface area (Å²) in [6.45, 7) is 3.76. The molecule has 0 amide bonds. The molecule has 0 unspecified atom stereocenters. The molecular formula is C19H17N5O3. The van der Waals surface area contributed by atoms with Crippen molar-refractivity contribution >= 4 is 34.0 Å². The predicted octanol–water partition coefficient (Wildman–Crippen LogP) is 2.80. The van der Waals surface area contributed by atoms with E-state index in [1.54, 1.807) is 31.5 Å². The Labute approximate surface area is 153 Å². The fraction of sp³-hybridized carbons (Fsp3) is 0.158. The Hall–Kier alpha value is -3.68.